The Kier molecular flexibility index (Phi) is 3.73. The zero-order chi connectivity index (χ0) is 14.5. The van der Waals surface area contributed by atoms with Gasteiger partial charge in [-0.2, -0.15) is 4.98 Å². The van der Waals surface area contributed by atoms with Crippen LogP contribution in [0, 0.1) is 0 Å². The molecule has 2 heterocycles. The van der Waals surface area contributed by atoms with Crippen molar-refractivity contribution < 1.29 is 4.52 Å². The van der Waals surface area contributed by atoms with E-state index < -0.39 is 0 Å². The average molecular weight is 278 g/mol. The Morgan fingerprint density at radius 1 is 1.10 bits per heavy atom. The molecule has 0 aliphatic rings. The van der Waals surface area contributed by atoms with Crippen LogP contribution in [0.25, 0.3) is 12.2 Å². The minimum Gasteiger partial charge on any atom is -0.399 e. The van der Waals surface area contributed by atoms with Gasteiger partial charge in [0, 0.05) is 30.6 Å². The van der Waals surface area contributed by atoms with Crippen molar-refractivity contribution in [3.8, 4) is 0 Å². The maximum absolute atomic E-state index is 5.64. The summed E-state index contributed by atoms with van der Waals surface area (Å²) in [4.78, 5) is 8.38. The third kappa shape index (κ3) is 3.54. The molecular formula is C16H14N4O. The van der Waals surface area contributed by atoms with E-state index in [1.807, 2.05) is 42.5 Å². The Hall–Kier alpha value is -2.95. The summed E-state index contributed by atoms with van der Waals surface area (Å²) in [6.45, 7) is 0. The molecule has 0 amide bonds. The molecule has 0 spiro atoms. The summed E-state index contributed by atoms with van der Waals surface area (Å²) in [7, 11) is 0. The van der Waals surface area contributed by atoms with Crippen molar-refractivity contribution in [2.24, 2.45) is 0 Å². The number of nitrogens with two attached hydrogens (primary N) is 1. The molecule has 0 aliphatic heterocycles. The van der Waals surface area contributed by atoms with Gasteiger partial charge in [-0.15, -0.1) is 0 Å². The third-order valence-electron chi connectivity index (χ3n) is 2.92. The quantitative estimate of drug-likeness (QED) is 0.742. The Morgan fingerprint density at radius 2 is 1.95 bits per heavy atom. The molecule has 0 aliphatic carbocycles. The van der Waals surface area contributed by atoms with Gasteiger partial charge in [-0.1, -0.05) is 23.4 Å². The van der Waals surface area contributed by atoms with Gasteiger partial charge in [-0.25, -0.2) is 0 Å². The van der Waals surface area contributed by atoms with Crippen LogP contribution in [0.3, 0.4) is 0 Å². The number of pyridine rings is 1. The zero-order valence-corrected chi connectivity index (χ0v) is 11.3. The summed E-state index contributed by atoms with van der Waals surface area (Å²) in [5.74, 6) is 1.12. The van der Waals surface area contributed by atoms with E-state index in [9.17, 15) is 0 Å². The fourth-order valence-electron chi connectivity index (χ4n) is 1.87. The van der Waals surface area contributed by atoms with Crippen molar-refractivity contribution in [3.05, 3.63) is 71.6 Å². The van der Waals surface area contributed by atoms with Gasteiger partial charge in [-0.05, 0) is 35.4 Å². The summed E-state index contributed by atoms with van der Waals surface area (Å²) in [5.41, 5.74) is 8.45. The number of hydrogen-bond acceptors (Lipinski definition) is 5. The number of hydrogen-bond donors (Lipinski definition) is 1. The van der Waals surface area contributed by atoms with Crippen molar-refractivity contribution in [1.82, 2.24) is 15.1 Å². The van der Waals surface area contributed by atoms with Crippen LogP contribution in [0.5, 0.6) is 0 Å². The predicted octanol–water partition coefficient (Wildman–Crippen LogP) is 2.81. The second-order valence-electron chi connectivity index (χ2n) is 4.59. The molecule has 0 saturated carbocycles. The van der Waals surface area contributed by atoms with Crippen LogP contribution in [-0.4, -0.2) is 15.1 Å². The molecule has 0 saturated heterocycles. The van der Waals surface area contributed by atoms with Crippen molar-refractivity contribution in [1.29, 1.82) is 0 Å². The molecule has 1 aromatic carbocycles. The van der Waals surface area contributed by atoms with Gasteiger partial charge >= 0.3 is 0 Å². The number of nitrogen functional groups attached to an aromatic ring is 1. The van der Waals surface area contributed by atoms with E-state index in [0.717, 1.165) is 16.8 Å². The number of nitrogens with zero attached hydrogens (tertiary/aromatic N) is 3. The van der Waals surface area contributed by atoms with Crippen molar-refractivity contribution in [3.63, 3.8) is 0 Å². The topological polar surface area (TPSA) is 77.8 Å². The first kappa shape index (κ1) is 13.1. The van der Waals surface area contributed by atoms with Gasteiger partial charge in [0.05, 0.1) is 0 Å². The summed E-state index contributed by atoms with van der Waals surface area (Å²) in [6, 6.07) is 11.4. The smallest absolute Gasteiger partial charge is 0.250 e. The van der Waals surface area contributed by atoms with E-state index in [4.69, 9.17) is 10.3 Å². The van der Waals surface area contributed by atoms with Gasteiger partial charge in [0.25, 0.3) is 5.89 Å². The average Bonchev–Trinajstić information content (AvgIpc) is 2.95. The Morgan fingerprint density at radius 3 is 2.71 bits per heavy atom. The lowest BCUT2D eigenvalue weighted by Gasteiger charge is -1.93. The molecule has 2 aromatic heterocycles. The Labute approximate surface area is 122 Å². The van der Waals surface area contributed by atoms with Crippen LogP contribution >= 0.6 is 0 Å². The number of benzene rings is 1. The van der Waals surface area contributed by atoms with Gasteiger partial charge in [0.2, 0.25) is 0 Å². The van der Waals surface area contributed by atoms with E-state index in [1.165, 1.54) is 0 Å². The van der Waals surface area contributed by atoms with Gasteiger partial charge in [0.15, 0.2) is 5.82 Å². The first-order chi connectivity index (χ1) is 10.3. The fourth-order valence-corrected chi connectivity index (χ4v) is 1.87. The molecule has 3 rings (SSSR count). The predicted molar refractivity (Wildman–Crippen MR) is 81.1 cm³/mol. The molecule has 0 fully saturated rings. The fraction of sp³-hybridized carbons (Fsp3) is 0.0625. The lowest BCUT2D eigenvalue weighted by atomic mass is 10.2. The standard InChI is InChI=1S/C16H14N4O/c17-14-6-3-12(4-7-14)5-8-16-19-15(20-21-16)10-13-2-1-9-18-11-13/h1-9,11H,10,17H2/b8-5+. The molecule has 21 heavy (non-hydrogen) atoms. The van der Waals surface area contributed by atoms with Crippen molar-refractivity contribution in [2.75, 3.05) is 5.73 Å². The molecular weight excluding hydrogens is 264 g/mol. The second-order valence-corrected chi connectivity index (χ2v) is 4.59. The van der Waals surface area contributed by atoms with E-state index >= 15 is 0 Å². The lowest BCUT2D eigenvalue weighted by Crippen LogP contribution is -1.91. The van der Waals surface area contributed by atoms with Crippen LogP contribution in [0.1, 0.15) is 22.8 Å². The summed E-state index contributed by atoms with van der Waals surface area (Å²) in [5, 5.41) is 3.95. The van der Waals surface area contributed by atoms with E-state index in [2.05, 4.69) is 15.1 Å². The molecule has 0 unspecified atom stereocenters. The van der Waals surface area contributed by atoms with E-state index in [-0.39, 0.29) is 0 Å². The molecule has 0 bridgehead atoms. The summed E-state index contributed by atoms with van der Waals surface area (Å²) < 4.78 is 5.19. The number of anilines is 1. The molecule has 5 heteroatoms. The minimum atomic E-state index is 0.478. The second kappa shape index (κ2) is 6.00. The van der Waals surface area contributed by atoms with Crippen molar-refractivity contribution >= 4 is 17.8 Å². The lowest BCUT2D eigenvalue weighted by molar-refractivity contribution is 0.404. The van der Waals surface area contributed by atoms with Crippen LogP contribution in [0.15, 0.2) is 53.3 Å². The third-order valence-corrected chi connectivity index (χ3v) is 2.92. The normalized spacial score (nSPS) is 11.0. The highest BCUT2D eigenvalue weighted by molar-refractivity contribution is 5.66. The van der Waals surface area contributed by atoms with E-state index in [1.54, 1.807) is 18.5 Å². The first-order valence-corrected chi connectivity index (χ1v) is 6.55. The SMILES string of the molecule is Nc1ccc(/C=C/c2nc(Cc3cccnc3)no2)cc1. The molecule has 5 nitrogen and oxygen atoms in total. The first-order valence-electron chi connectivity index (χ1n) is 6.55. The van der Waals surface area contributed by atoms with Gasteiger partial charge < -0.3 is 10.3 Å². The molecule has 2 N–H and O–H groups in total. The maximum atomic E-state index is 5.64. The van der Waals surface area contributed by atoms with Gasteiger partial charge in [0.1, 0.15) is 0 Å². The van der Waals surface area contributed by atoms with Crippen LogP contribution in [0.2, 0.25) is 0 Å². The zero-order valence-electron chi connectivity index (χ0n) is 11.3. The Balaban J connectivity index is 1.69. The molecule has 104 valence electrons. The largest absolute Gasteiger partial charge is 0.399 e. The van der Waals surface area contributed by atoms with Crippen LogP contribution < -0.4 is 5.73 Å². The highest BCUT2D eigenvalue weighted by atomic mass is 16.5. The monoisotopic (exact) mass is 278 g/mol. The van der Waals surface area contributed by atoms with Gasteiger partial charge in [-0.3, -0.25) is 4.98 Å². The van der Waals surface area contributed by atoms with Crippen LogP contribution in [0.4, 0.5) is 5.69 Å². The number of aromatic nitrogens is 3. The maximum Gasteiger partial charge on any atom is 0.250 e. The molecule has 0 radical (unpaired) electrons. The van der Waals surface area contributed by atoms with Crippen LogP contribution in [-0.2, 0) is 6.42 Å². The Bertz CT molecular complexity index is 732. The van der Waals surface area contributed by atoms with Crippen molar-refractivity contribution in [2.45, 2.75) is 6.42 Å². The summed E-state index contributed by atoms with van der Waals surface area (Å²) >= 11 is 0. The molecule has 3 aromatic rings. The van der Waals surface area contributed by atoms with E-state index in [0.29, 0.717) is 18.1 Å². The number of rotatable bonds is 4. The minimum absolute atomic E-state index is 0.478. The highest BCUT2D eigenvalue weighted by Crippen LogP contribution is 2.11. The summed E-state index contributed by atoms with van der Waals surface area (Å²) in [6.07, 6.45) is 7.82. The highest BCUT2D eigenvalue weighted by Gasteiger charge is 2.04. The molecule has 0 atom stereocenters.